The van der Waals surface area contributed by atoms with E-state index in [1.807, 2.05) is 0 Å². The van der Waals surface area contributed by atoms with Crippen molar-refractivity contribution >= 4 is 49.1 Å². The van der Waals surface area contributed by atoms with Gasteiger partial charge >= 0.3 is 0 Å². The Labute approximate surface area is 172 Å². The number of hydrogen-bond acceptors (Lipinski definition) is 4. The van der Waals surface area contributed by atoms with Gasteiger partial charge in [-0.2, -0.15) is 0 Å². The van der Waals surface area contributed by atoms with E-state index < -0.39 is 10.0 Å². The first kappa shape index (κ1) is 20.5. The summed E-state index contributed by atoms with van der Waals surface area (Å²) in [5.74, 6) is -0.347. The van der Waals surface area contributed by atoms with Crippen molar-refractivity contribution in [1.29, 1.82) is 0 Å². The molecule has 2 aromatic carbocycles. The third-order valence-corrected chi connectivity index (χ3v) is 6.40. The first-order valence-corrected chi connectivity index (χ1v) is 11.0. The molecule has 0 unspecified atom stereocenters. The van der Waals surface area contributed by atoms with Crippen molar-refractivity contribution in [2.75, 3.05) is 23.3 Å². The standard InChI is InChI=1S/C19H20BrN3O4S/c1-13(24)23-11-9-14-12-17(6-7-18(14)23)28(26,27)21-10-8-19(25)22-16-4-2-15(20)3-5-16/h2-7,12,21H,8-11H2,1H3,(H,22,25). The summed E-state index contributed by atoms with van der Waals surface area (Å²) in [7, 11) is -3.73. The molecule has 2 N–H and O–H groups in total. The smallest absolute Gasteiger partial charge is 0.240 e. The van der Waals surface area contributed by atoms with Gasteiger partial charge < -0.3 is 10.2 Å². The number of rotatable bonds is 6. The monoisotopic (exact) mass is 465 g/mol. The molecule has 0 aliphatic carbocycles. The number of sulfonamides is 1. The number of fused-ring (bicyclic) bond motifs is 1. The maximum absolute atomic E-state index is 12.5. The number of benzene rings is 2. The van der Waals surface area contributed by atoms with Crippen LogP contribution < -0.4 is 14.9 Å². The second-order valence-corrected chi connectivity index (χ2v) is 9.10. The van der Waals surface area contributed by atoms with Gasteiger partial charge in [-0.05, 0) is 54.4 Å². The number of carbonyl (C=O) groups excluding carboxylic acids is 2. The minimum Gasteiger partial charge on any atom is -0.326 e. The SMILES string of the molecule is CC(=O)N1CCc2cc(S(=O)(=O)NCCC(=O)Nc3ccc(Br)cc3)ccc21. The molecule has 0 fully saturated rings. The first-order chi connectivity index (χ1) is 13.3. The van der Waals surface area contributed by atoms with Crippen LogP contribution in [0.1, 0.15) is 18.9 Å². The number of nitrogens with zero attached hydrogens (tertiary/aromatic N) is 1. The Bertz CT molecular complexity index is 1010. The molecule has 28 heavy (non-hydrogen) atoms. The highest BCUT2D eigenvalue weighted by molar-refractivity contribution is 9.10. The third kappa shape index (κ3) is 4.78. The van der Waals surface area contributed by atoms with Crippen LogP contribution in [0.25, 0.3) is 0 Å². The van der Waals surface area contributed by atoms with E-state index in [2.05, 4.69) is 26.0 Å². The van der Waals surface area contributed by atoms with Crippen LogP contribution in [0.3, 0.4) is 0 Å². The summed E-state index contributed by atoms with van der Waals surface area (Å²) in [5, 5.41) is 2.71. The predicted octanol–water partition coefficient (Wildman–Crippen LogP) is 2.67. The lowest BCUT2D eigenvalue weighted by molar-refractivity contribution is -0.117. The molecule has 0 saturated heterocycles. The van der Waals surface area contributed by atoms with Gasteiger partial charge in [-0.25, -0.2) is 13.1 Å². The normalized spacial score (nSPS) is 13.3. The van der Waals surface area contributed by atoms with Crippen molar-refractivity contribution in [2.45, 2.75) is 24.7 Å². The van der Waals surface area contributed by atoms with Crippen LogP contribution in [0.4, 0.5) is 11.4 Å². The van der Waals surface area contributed by atoms with Crippen LogP contribution in [0, 0.1) is 0 Å². The Morgan fingerprint density at radius 1 is 1.14 bits per heavy atom. The van der Waals surface area contributed by atoms with E-state index in [9.17, 15) is 18.0 Å². The maximum atomic E-state index is 12.5. The highest BCUT2D eigenvalue weighted by Crippen LogP contribution is 2.30. The highest BCUT2D eigenvalue weighted by Gasteiger charge is 2.24. The second kappa shape index (κ2) is 8.42. The molecule has 3 rings (SSSR count). The molecule has 2 aromatic rings. The van der Waals surface area contributed by atoms with Crippen molar-refractivity contribution in [3.63, 3.8) is 0 Å². The van der Waals surface area contributed by atoms with Crippen LogP contribution >= 0.6 is 15.9 Å². The quantitative estimate of drug-likeness (QED) is 0.685. The van der Waals surface area contributed by atoms with E-state index >= 15 is 0 Å². The Morgan fingerprint density at radius 2 is 1.86 bits per heavy atom. The van der Waals surface area contributed by atoms with E-state index in [1.165, 1.54) is 13.0 Å². The van der Waals surface area contributed by atoms with Crippen LogP contribution in [0.2, 0.25) is 0 Å². The predicted molar refractivity (Wildman–Crippen MR) is 111 cm³/mol. The lowest BCUT2D eigenvalue weighted by Crippen LogP contribution is -2.28. The largest absolute Gasteiger partial charge is 0.326 e. The fourth-order valence-corrected chi connectivity index (χ4v) is 4.36. The van der Waals surface area contributed by atoms with E-state index in [-0.39, 0.29) is 29.7 Å². The van der Waals surface area contributed by atoms with E-state index in [0.29, 0.717) is 18.7 Å². The molecule has 0 saturated carbocycles. The topological polar surface area (TPSA) is 95.6 Å². The molecule has 0 atom stereocenters. The molecule has 0 bridgehead atoms. The van der Waals surface area contributed by atoms with E-state index in [4.69, 9.17) is 0 Å². The van der Waals surface area contributed by atoms with Crippen LogP contribution in [0.15, 0.2) is 51.8 Å². The molecule has 148 valence electrons. The number of nitrogens with one attached hydrogen (secondary N) is 2. The Morgan fingerprint density at radius 3 is 2.54 bits per heavy atom. The summed E-state index contributed by atoms with van der Waals surface area (Å²) in [6.07, 6.45) is 0.631. The van der Waals surface area contributed by atoms with Crippen molar-refractivity contribution in [3.05, 3.63) is 52.5 Å². The molecule has 0 radical (unpaired) electrons. The minimum atomic E-state index is -3.73. The summed E-state index contributed by atoms with van der Waals surface area (Å²) >= 11 is 3.32. The van der Waals surface area contributed by atoms with Gasteiger partial charge in [0.1, 0.15) is 0 Å². The van der Waals surface area contributed by atoms with Gasteiger partial charge in [-0.15, -0.1) is 0 Å². The first-order valence-electron chi connectivity index (χ1n) is 8.72. The molecular formula is C19H20BrN3O4S. The Hall–Kier alpha value is -2.23. The van der Waals surface area contributed by atoms with Crippen molar-refractivity contribution in [1.82, 2.24) is 4.72 Å². The van der Waals surface area contributed by atoms with Crippen molar-refractivity contribution in [3.8, 4) is 0 Å². The highest BCUT2D eigenvalue weighted by atomic mass is 79.9. The van der Waals surface area contributed by atoms with Crippen LogP contribution in [-0.4, -0.2) is 33.3 Å². The zero-order valence-corrected chi connectivity index (χ0v) is 17.6. The second-order valence-electron chi connectivity index (χ2n) is 6.41. The van der Waals surface area contributed by atoms with Gasteiger partial charge in [0.25, 0.3) is 0 Å². The Kier molecular flexibility index (Phi) is 6.17. The van der Waals surface area contributed by atoms with Gasteiger partial charge in [0.2, 0.25) is 21.8 Å². The lowest BCUT2D eigenvalue weighted by atomic mass is 10.2. The summed E-state index contributed by atoms with van der Waals surface area (Å²) in [4.78, 5) is 25.3. The number of halogens is 1. The van der Waals surface area contributed by atoms with E-state index in [0.717, 1.165) is 15.7 Å². The molecule has 7 nitrogen and oxygen atoms in total. The molecule has 0 aromatic heterocycles. The average Bonchev–Trinajstić information content (AvgIpc) is 3.07. The molecule has 0 spiro atoms. The molecule has 1 aliphatic heterocycles. The van der Waals surface area contributed by atoms with Crippen molar-refractivity contribution in [2.24, 2.45) is 0 Å². The molecule has 1 heterocycles. The fraction of sp³-hybridized carbons (Fsp3) is 0.263. The van der Waals surface area contributed by atoms with Crippen molar-refractivity contribution < 1.29 is 18.0 Å². The van der Waals surface area contributed by atoms with Gasteiger partial charge in [-0.1, -0.05) is 15.9 Å². The summed E-state index contributed by atoms with van der Waals surface area (Å²) in [6, 6.07) is 11.8. The summed E-state index contributed by atoms with van der Waals surface area (Å²) < 4.78 is 28.3. The minimum absolute atomic E-state index is 0.0123. The zero-order chi connectivity index (χ0) is 20.3. The zero-order valence-electron chi connectivity index (χ0n) is 15.2. The third-order valence-electron chi connectivity index (χ3n) is 4.41. The molecule has 9 heteroatoms. The van der Waals surface area contributed by atoms with Crippen LogP contribution in [-0.2, 0) is 26.0 Å². The molecule has 2 amide bonds. The summed E-state index contributed by atoms with van der Waals surface area (Å²) in [5.41, 5.74) is 2.22. The van der Waals surface area contributed by atoms with Gasteiger partial charge in [0.15, 0.2) is 0 Å². The number of hydrogen-bond donors (Lipinski definition) is 2. The number of anilines is 2. The van der Waals surface area contributed by atoms with E-state index in [1.54, 1.807) is 41.3 Å². The summed E-state index contributed by atoms with van der Waals surface area (Å²) in [6.45, 7) is 2.03. The molecule has 1 aliphatic rings. The Balaban J connectivity index is 1.58. The fourth-order valence-electron chi connectivity index (χ4n) is 3.01. The van der Waals surface area contributed by atoms with Crippen LogP contribution in [0.5, 0.6) is 0 Å². The number of amides is 2. The average molecular weight is 466 g/mol. The van der Waals surface area contributed by atoms with Gasteiger partial charge in [0.05, 0.1) is 4.90 Å². The lowest BCUT2D eigenvalue weighted by Gasteiger charge is -2.15. The molecular weight excluding hydrogens is 446 g/mol. The van der Waals surface area contributed by atoms with Gasteiger partial charge in [-0.3, -0.25) is 9.59 Å². The maximum Gasteiger partial charge on any atom is 0.240 e. The number of carbonyl (C=O) groups is 2. The van der Waals surface area contributed by atoms with Gasteiger partial charge in [0, 0.05) is 42.3 Å².